The summed E-state index contributed by atoms with van der Waals surface area (Å²) in [7, 11) is 0. The summed E-state index contributed by atoms with van der Waals surface area (Å²) in [6.45, 7) is 1.58. The third-order valence-electron chi connectivity index (χ3n) is 4.39. The van der Waals surface area contributed by atoms with Crippen LogP contribution in [0.4, 0.5) is 5.69 Å². The molecule has 2 amide bonds. The van der Waals surface area contributed by atoms with Gasteiger partial charge in [0.2, 0.25) is 0 Å². The van der Waals surface area contributed by atoms with E-state index in [0.717, 1.165) is 29.5 Å². The molecule has 1 fully saturated rings. The first-order valence-corrected chi connectivity index (χ1v) is 9.68. The third kappa shape index (κ3) is 4.60. The molecule has 3 rings (SSSR count). The summed E-state index contributed by atoms with van der Waals surface area (Å²) in [5, 5.41) is 2.90. The largest absolute Gasteiger partial charge is 0.339 e. The van der Waals surface area contributed by atoms with Crippen molar-refractivity contribution in [2.24, 2.45) is 0 Å². The van der Waals surface area contributed by atoms with Crippen molar-refractivity contribution >= 4 is 40.1 Å². The highest BCUT2D eigenvalue weighted by Crippen LogP contribution is 2.21. The van der Waals surface area contributed by atoms with Gasteiger partial charge in [-0.15, -0.1) is 0 Å². The monoisotopic (exact) mass is 448 g/mol. The smallest absolute Gasteiger partial charge is 0.255 e. The van der Waals surface area contributed by atoms with Crippen LogP contribution in [0, 0.1) is 3.57 Å². The molecule has 4 nitrogen and oxygen atoms in total. The molecule has 25 heavy (non-hydrogen) atoms. The molecule has 1 aliphatic heterocycles. The van der Waals surface area contributed by atoms with Gasteiger partial charge in [0.1, 0.15) is 0 Å². The van der Waals surface area contributed by atoms with E-state index < -0.39 is 0 Å². The van der Waals surface area contributed by atoms with Gasteiger partial charge in [-0.25, -0.2) is 0 Å². The number of anilines is 1. The summed E-state index contributed by atoms with van der Waals surface area (Å²) in [5.41, 5.74) is 1.72. The van der Waals surface area contributed by atoms with Crippen molar-refractivity contribution in [2.75, 3.05) is 18.4 Å². The number of nitrogens with zero attached hydrogens (tertiary/aromatic N) is 1. The molecule has 0 aliphatic carbocycles. The predicted molar refractivity (Wildman–Crippen MR) is 108 cm³/mol. The van der Waals surface area contributed by atoms with Gasteiger partial charge in [0, 0.05) is 22.2 Å². The first kappa shape index (κ1) is 17.9. The number of hydrogen-bond donors (Lipinski definition) is 1. The van der Waals surface area contributed by atoms with E-state index in [0.29, 0.717) is 16.8 Å². The van der Waals surface area contributed by atoms with E-state index in [-0.39, 0.29) is 11.8 Å². The zero-order valence-electron chi connectivity index (χ0n) is 14.0. The average molecular weight is 448 g/mol. The number of benzene rings is 2. The number of amides is 2. The summed E-state index contributed by atoms with van der Waals surface area (Å²) in [4.78, 5) is 27.4. The highest BCUT2D eigenvalue weighted by atomic mass is 127. The highest BCUT2D eigenvalue weighted by molar-refractivity contribution is 14.1. The molecule has 0 saturated carbocycles. The van der Waals surface area contributed by atoms with Crippen LogP contribution in [0.1, 0.15) is 46.4 Å². The van der Waals surface area contributed by atoms with Crippen LogP contribution in [-0.4, -0.2) is 29.8 Å². The third-order valence-corrected chi connectivity index (χ3v) is 5.06. The molecule has 5 heteroatoms. The molecule has 0 unspecified atom stereocenters. The Morgan fingerprint density at radius 3 is 2.36 bits per heavy atom. The van der Waals surface area contributed by atoms with Crippen LogP contribution in [0.3, 0.4) is 0 Å². The minimum Gasteiger partial charge on any atom is -0.339 e. The minimum absolute atomic E-state index is 0.000409. The first-order chi connectivity index (χ1) is 12.1. The van der Waals surface area contributed by atoms with E-state index in [1.54, 1.807) is 18.2 Å². The number of carbonyl (C=O) groups excluding carboxylic acids is 2. The van der Waals surface area contributed by atoms with E-state index in [4.69, 9.17) is 0 Å². The number of halogens is 1. The minimum atomic E-state index is -0.199. The van der Waals surface area contributed by atoms with Crippen LogP contribution in [0.2, 0.25) is 0 Å². The van der Waals surface area contributed by atoms with Gasteiger partial charge in [0.25, 0.3) is 11.8 Å². The lowest BCUT2D eigenvalue weighted by Gasteiger charge is -2.22. The number of para-hydroxylation sites is 1. The second-order valence-electron chi connectivity index (χ2n) is 6.22. The van der Waals surface area contributed by atoms with Gasteiger partial charge in [-0.2, -0.15) is 0 Å². The number of hydrogen-bond acceptors (Lipinski definition) is 2. The van der Waals surface area contributed by atoms with Crippen LogP contribution < -0.4 is 5.32 Å². The lowest BCUT2D eigenvalue weighted by atomic mass is 10.1. The van der Waals surface area contributed by atoms with Crippen molar-refractivity contribution in [1.82, 2.24) is 4.90 Å². The maximum atomic E-state index is 12.9. The Labute approximate surface area is 161 Å². The maximum Gasteiger partial charge on any atom is 0.255 e. The standard InChI is InChI=1S/C20H21IN2O2/c21-16-9-7-8-15(14-16)19(24)22-18-11-4-3-10-17(18)20(25)23-12-5-1-2-6-13-23/h3-4,7-11,14H,1-2,5-6,12-13H2,(H,22,24). The van der Waals surface area contributed by atoms with Crippen molar-refractivity contribution in [3.63, 3.8) is 0 Å². The van der Waals surface area contributed by atoms with Gasteiger partial charge in [-0.1, -0.05) is 31.0 Å². The lowest BCUT2D eigenvalue weighted by molar-refractivity contribution is 0.0762. The zero-order chi connectivity index (χ0) is 17.6. The molecule has 1 aliphatic rings. The zero-order valence-corrected chi connectivity index (χ0v) is 16.2. The summed E-state index contributed by atoms with van der Waals surface area (Å²) in [6.07, 6.45) is 4.44. The quantitative estimate of drug-likeness (QED) is 0.701. The SMILES string of the molecule is O=C(Nc1ccccc1C(=O)N1CCCCCC1)c1cccc(I)c1. The van der Waals surface area contributed by atoms with Crippen molar-refractivity contribution < 1.29 is 9.59 Å². The molecular formula is C20H21IN2O2. The van der Waals surface area contributed by atoms with Gasteiger partial charge in [0.15, 0.2) is 0 Å². The molecule has 0 aromatic heterocycles. The molecule has 0 spiro atoms. The number of likely N-dealkylation sites (tertiary alicyclic amines) is 1. The van der Waals surface area contributed by atoms with Crippen molar-refractivity contribution in [3.8, 4) is 0 Å². The van der Waals surface area contributed by atoms with E-state index in [9.17, 15) is 9.59 Å². The Hall–Kier alpha value is -1.89. The molecule has 0 atom stereocenters. The lowest BCUT2D eigenvalue weighted by Crippen LogP contribution is -2.32. The van der Waals surface area contributed by atoms with Crippen LogP contribution in [0.25, 0.3) is 0 Å². The molecule has 0 radical (unpaired) electrons. The molecule has 1 N–H and O–H groups in total. The molecule has 130 valence electrons. The number of rotatable bonds is 3. The highest BCUT2D eigenvalue weighted by Gasteiger charge is 2.20. The Kier molecular flexibility index (Phi) is 6.07. The van der Waals surface area contributed by atoms with E-state index in [1.165, 1.54) is 12.8 Å². The Balaban J connectivity index is 1.80. The summed E-state index contributed by atoms with van der Waals surface area (Å²) in [6, 6.07) is 14.6. The fourth-order valence-corrected chi connectivity index (χ4v) is 3.59. The fraction of sp³-hybridized carbons (Fsp3) is 0.300. The molecular weight excluding hydrogens is 427 g/mol. The van der Waals surface area contributed by atoms with Crippen LogP contribution >= 0.6 is 22.6 Å². The van der Waals surface area contributed by atoms with E-state index in [1.807, 2.05) is 35.2 Å². The molecule has 2 aromatic carbocycles. The van der Waals surface area contributed by atoms with Crippen molar-refractivity contribution in [3.05, 3.63) is 63.2 Å². The second-order valence-corrected chi connectivity index (χ2v) is 7.46. The average Bonchev–Trinajstić information content (AvgIpc) is 2.91. The second kappa shape index (κ2) is 8.47. The van der Waals surface area contributed by atoms with Crippen LogP contribution in [0.5, 0.6) is 0 Å². The number of carbonyl (C=O) groups is 2. The van der Waals surface area contributed by atoms with Gasteiger partial charge < -0.3 is 10.2 Å². The van der Waals surface area contributed by atoms with E-state index >= 15 is 0 Å². The summed E-state index contributed by atoms with van der Waals surface area (Å²) >= 11 is 2.18. The van der Waals surface area contributed by atoms with E-state index in [2.05, 4.69) is 27.9 Å². The Bertz CT molecular complexity index is 768. The Morgan fingerprint density at radius 2 is 1.64 bits per heavy atom. The van der Waals surface area contributed by atoms with Gasteiger partial charge in [-0.05, 0) is 65.8 Å². The molecule has 0 bridgehead atoms. The van der Waals surface area contributed by atoms with Gasteiger partial charge >= 0.3 is 0 Å². The summed E-state index contributed by atoms with van der Waals surface area (Å²) < 4.78 is 0.999. The van der Waals surface area contributed by atoms with Gasteiger partial charge in [-0.3, -0.25) is 9.59 Å². The number of nitrogens with one attached hydrogen (secondary N) is 1. The molecule has 2 aromatic rings. The van der Waals surface area contributed by atoms with Crippen molar-refractivity contribution in [1.29, 1.82) is 0 Å². The Morgan fingerprint density at radius 1 is 0.920 bits per heavy atom. The van der Waals surface area contributed by atoms with Crippen LogP contribution in [-0.2, 0) is 0 Å². The van der Waals surface area contributed by atoms with Crippen molar-refractivity contribution in [2.45, 2.75) is 25.7 Å². The first-order valence-electron chi connectivity index (χ1n) is 8.60. The fourth-order valence-electron chi connectivity index (χ4n) is 3.05. The van der Waals surface area contributed by atoms with Crippen LogP contribution in [0.15, 0.2) is 48.5 Å². The summed E-state index contributed by atoms with van der Waals surface area (Å²) in [5.74, 6) is -0.199. The molecule has 1 saturated heterocycles. The predicted octanol–water partition coefficient (Wildman–Crippen LogP) is 4.56. The normalized spacial score (nSPS) is 14.7. The topological polar surface area (TPSA) is 49.4 Å². The molecule has 1 heterocycles. The maximum absolute atomic E-state index is 12.9. The van der Waals surface area contributed by atoms with Gasteiger partial charge in [0.05, 0.1) is 11.3 Å².